The van der Waals surface area contributed by atoms with Crippen LogP contribution in [0.3, 0.4) is 0 Å². The quantitative estimate of drug-likeness (QED) is 0.814. The van der Waals surface area contributed by atoms with Crippen LogP contribution >= 0.6 is 23.2 Å². The minimum Gasteiger partial charge on any atom is -0.324 e. The van der Waals surface area contributed by atoms with Crippen LogP contribution in [0.2, 0.25) is 10.0 Å². The Labute approximate surface area is 117 Å². The molecule has 18 heavy (non-hydrogen) atoms. The van der Waals surface area contributed by atoms with Gasteiger partial charge in [-0.05, 0) is 35.2 Å². The fraction of sp³-hybridized carbons (Fsp3) is 0.200. The summed E-state index contributed by atoms with van der Waals surface area (Å²) < 4.78 is 0. The van der Waals surface area contributed by atoms with Crippen LogP contribution in [0, 0.1) is 0 Å². The molecule has 1 nitrogen and oxygen atoms in total. The molecule has 0 heterocycles. The van der Waals surface area contributed by atoms with Crippen LogP contribution in [-0.2, 0) is 0 Å². The molecule has 2 N–H and O–H groups in total. The van der Waals surface area contributed by atoms with Gasteiger partial charge in [-0.15, -0.1) is 0 Å². The molecule has 3 rings (SSSR count). The van der Waals surface area contributed by atoms with Crippen LogP contribution in [0.1, 0.15) is 35.1 Å². The highest BCUT2D eigenvalue weighted by molar-refractivity contribution is 6.42. The van der Waals surface area contributed by atoms with Gasteiger partial charge in [0.15, 0.2) is 0 Å². The van der Waals surface area contributed by atoms with E-state index in [9.17, 15) is 0 Å². The summed E-state index contributed by atoms with van der Waals surface area (Å²) in [4.78, 5) is 0. The Hall–Kier alpha value is -1.02. The molecule has 2 unspecified atom stereocenters. The Bertz CT molecular complexity index is 595. The van der Waals surface area contributed by atoms with Crippen molar-refractivity contribution in [3.8, 4) is 0 Å². The zero-order valence-electron chi connectivity index (χ0n) is 9.74. The summed E-state index contributed by atoms with van der Waals surface area (Å²) in [6.07, 6.45) is 0.928. The van der Waals surface area contributed by atoms with E-state index in [-0.39, 0.29) is 6.04 Å². The summed E-state index contributed by atoms with van der Waals surface area (Å²) in [7, 11) is 0. The SMILES string of the molecule is NC1CC(c2ccc(Cl)c(Cl)c2)c2ccccc21. The van der Waals surface area contributed by atoms with E-state index >= 15 is 0 Å². The van der Waals surface area contributed by atoms with Gasteiger partial charge in [0.2, 0.25) is 0 Å². The molecule has 0 aromatic heterocycles. The fourth-order valence-corrected chi connectivity index (χ4v) is 3.03. The minimum absolute atomic E-state index is 0.112. The average Bonchev–Trinajstić information content (AvgIpc) is 2.71. The number of nitrogens with two attached hydrogens (primary N) is 1. The van der Waals surface area contributed by atoms with Gasteiger partial charge in [0.1, 0.15) is 0 Å². The van der Waals surface area contributed by atoms with E-state index in [0.29, 0.717) is 16.0 Å². The Balaban J connectivity index is 2.06. The molecule has 0 amide bonds. The highest BCUT2D eigenvalue weighted by atomic mass is 35.5. The van der Waals surface area contributed by atoms with E-state index in [1.807, 2.05) is 24.3 Å². The number of hydrogen-bond donors (Lipinski definition) is 1. The first kappa shape index (κ1) is 12.0. The van der Waals surface area contributed by atoms with Crippen molar-refractivity contribution in [3.63, 3.8) is 0 Å². The molecule has 2 aromatic carbocycles. The fourth-order valence-electron chi connectivity index (χ4n) is 2.72. The average molecular weight is 278 g/mol. The maximum atomic E-state index is 6.18. The van der Waals surface area contributed by atoms with Gasteiger partial charge in [-0.3, -0.25) is 0 Å². The third kappa shape index (κ3) is 1.93. The zero-order valence-corrected chi connectivity index (χ0v) is 11.2. The predicted molar refractivity (Wildman–Crippen MR) is 76.3 cm³/mol. The molecule has 0 bridgehead atoms. The molecule has 0 radical (unpaired) electrons. The lowest BCUT2D eigenvalue weighted by Gasteiger charge is -2.12. The van der Waals surface area contributed by atoms with E-state index in [1.54, 1.807) is 0 Å². The van der Waals surface area contributed by atoms with Crippen molar-refractivity contribution >= 4 is 23.2 Å². The first-order chi connectivity index (χ1) is 8.66. The van der Waals surface area contributed by atoms with Crippen molar-refractivity contribution in [2.45, 2.75) is 18.4 Å². The maximum absolute atomic E-state index is 6.18. The number of fused-ring (bicyclic) bond motifs is 1. The molecule has 0 saturated heterocycles. The van der Waals surface area contributed by atoms with Gasteiger partial charge < -0.3 is 5.73 Å². The summed E-state index contributed by atoms with van der Waals surface area (Å²) in [5.74, 6) is 0.325. The number of rotatable bonds is 1. The van der Waals surface area contributed by atoms with Crippen LogP contribution in [0.4, 0.5) is 0 Å². The Morgan fingerprint density at radius 2 is 1.67 bits per heavy atom. The van der Waals surface area contributed by atoms with Crippen LogP contribution < -0.4 is 5.73 Å². The second-order valence-electron chi connectivity index (χ2n) is 4.70. The number of hydrogen-bond acceptors (Lipinski definition) is 1. The lowest BCUT2D eigenvalue weighted by atomic mass is 9.93. The Kier molecular flexibility index (Phi) is 3.06. The van der Waals surface area contributed by atoms with Crippen molar-refractivity contribution in [3.05, 3.63) is 69.2 Å². The van der Waals surface area contributed by atoms with E-state index < -0.39 is 0 Å². The smallest absolute Gasteiger partial charge is 0.0595 e. The molecule has 0 fully saturated rings. The first-order valence-corrected chi connectivity index (χ1v) is 6.72. The highest BCUT2D eigenvalue weighted by Crippen LogP contribution is 2.43. The van der Waals surface area contributed by atoms with Crippen LogP contribution in [0.15, 0.2) is 42.5 Å². The van der Waals surface area contributed by atoms with E-state index in [0.717, 1.165) is 6.42 Å². The van der Waals surface area contributed by atoms with Crippen LogP contribution in [-0.4, -0.2) is 0 Å². The third-order valence-electron chi connectivity index (χ3n) is 3.61. The molecule has 2 aromatic rings. The van der Waals surface area contributed by atoms with Crippen molar-refractivity contribution in [1.82, 2.24) is 0 Å². The lowest BCUT2D eigenvalue weighted by molar-refractivity contribution is 0.662. The van der Waals surface area contributed by atoms with E-state index in [2.05, 4.69) is 18.2 Å². The minimum atomic E-state index is 0.112. The van der Waals surface area contributed by atoms with E-state index in [4.69, 9.17) is 28.9 Å². The van der Waals surface area contributed by atoms with Gasteiger partial charge >= 0.3 is 0 Å². The summed E-state index contributed by atoms with van der Waals surface area (Å²) in [6, 6.07) is 14.3. The lowest BCUT2D eigenvalue weighted by Crippen LogP contribution is -2.05. The van der Waals surface area contributed by atoms with Gasteiger partial charge in [0.05, 0.1) is 10.0 Å². The molecular weight excluding hydrogens is 265 g/mol. The monoisotopic (exact) mass is 277 g/mol. The van der Waals surface area contributed by atoms with Crippen LogP contribution in [0.5, 0.6) is 0 Å². The van der Waals surface area contributed by atoms with Crippen LogP contribution in [0.25, 0.3) is 0 Å². The topological polar surface area (TPSA) is 26.0 Å². The van der Waals surface area contributed by atoms with Crippen molar-refractivity contribution < 1.29 is 0 Å². The van der Waals surface area contributed by atoms with Gasteiger partial charge in [0, 0.05) is 12.0 Å². The number of halogens is 2. The first-order valence-electron chi connectivity index (χ1n) is 5.96. The number of benzene rings is 2. The Morgan fingerprint density at radius 1 is 0.944 bits per heavy atom. The van der Waals surface area contributed by atoms with Gasteiger partial charge in [-0.2, -0.15) is 0 Å². The molecule has 92 valence electrons. The predicted octanol–water partition coefficient (Wildman–Crippen LogP) is 4.53. The highest BCUT2D eigenvalue weighted by Gasteiger charge is 2.29. The zero-order chi connectivity index (χ0) is 12.7. The molecule has 3 heteroatoms. The molecule has 0 spiro atoms. The van der Waals surface area contributed by atoms with E-state index in [1.165, 1.54) is 16.7 Å². The molecule has 1 aliphatic rings. The standard InChI is InChI=1S/C15H13Cl2N/c16-13-6-5-9(7-14(13)17)12-8-15(18)11-4-2-1-3-10(11)12/h1-7,12,15H,8,18H2. The normalized spacial score (nSPS) is 21.9. The van der Waals surface area contributed by atoms with Gasteiger partial charge in [-0.1, -0.05) is 53.5 Å². The second kappa shape index (κ2) is 4.58. The Morgan fingerprint density at radius 3 is 2.39 bits per heavy atom. The van der Waals surface area contributed by atoms with Crippen molar-refractivity contribution in [2.24, 2.45) is 5.73 Å². The second-order valence-corrected chi connectivity index (χ2v) is 5.51. The third-order valence-corrected chi connectivity index (χ3v) is 4.35. The molecule has 1 aliphatic carbocycles. The molecule has 0 aliphatic heterocycles. The van der Waals surface area contributed by atoms with Gasteiger partial charge in [-0.25, -0.2) is 0 Å². The summed E-state index contributed by atoms with van der Waals surface area (Å²) in [5, 5.41) is 1.20. The summed E-state index contributed by atoms with van der Waals surface area (Å²) in [6.45, 7) is 0. The maximum Gasteiger partial charge on any atom is 0.0595 e. The van der Waals surface area contributed by atoms with Gasteiger partial charge in [0.25, 0.3) is 0 Å². The largest absolute Gasteiger partial charge is 0.324 e. The van der Waals surface area contributed by atoms with Crippen molar-refractivity contribution in [1.29, 1.82) is 0 Å². The van der Waals surface area contributed by atoms with Crippen molar-refractivity contribution in [2.75, 3.05) is 0 Å². The summed E-state index contributed by atoms with van der Waals surface area (Å²) in [5.41, 5.74) is 9.92. The molecule has 2 atom stereocenters. The summed E-state index contributed by atoms with van der Waals surface area (Å²) >= 11 is 12.1. The molecular formula is C15H13Cl2N. The molecule has 0 saturated carbocycles.